The number of aromatic hydroxyl groups is 1. The molecule has 0 aliphatic rings. The Labute approximate surface area is 79.8 Å². The van der Waals surface area contributed by atoms with Crippen molar-refractivity contribution in [3.05, 3.63) is 29.3 Å². The second kappa shape index (κ2) is 4.34. The third-order valence-corrected chi connectivity index (χ3v) is 1.89. The number of hydrogen-bond acceptors (Lipinski definition) is 3. The topological polar surface area (TPSA) is 66.5 Å². The van der Waals surface area contributed by atoms with Crippen LogP contribution < -0.4 is 5.73 Å². The number of nitrogens with two attached hydrogens (primary N) is 1. The largest absolute Gasteiger partial charge is 0.507 e. The summed E-state index contributed by atoms with van der Waals surface area (Å²) in [5, 5.41) is 18.3. The van der Waals surface area contributed by atoms with E-state index in [1.54, 1.807) is 0 Å². The summed E-state index contributed by atoms with van der Waals surface area (Å²) < 4.78 is 24.6. The number of aliphatic hydroxyl groups is 1. The van der Waals surface area contributed by atoms with Gasteiger partial charge < -0.3 is 15.9 Å². The van der Waals surface area contributed by atoms with Crippen LogP contribution in [0.2, 0.25) is 0 Å². The molecule has 0 aliphatic carbocycles. The summed E-state index contributed by atoms with van der Waals surface area (Å²) in [6, 6.07) is 3.53. The van der Waals surface area contributed by atoms with Crippen LogP contribution in [0.3, 0.4) is 0 Å². The van der Waals surface area contributed by atoms with E-state index in [4.69, 9.17) is 10.8 Å². The zero-order valence-corrected chi connectivity index (χ0v) is 7.32. The molecule has 0 amide bonds. The Morgan fingerprint density at radius 2 is 2.00 bits per heavy atom. The van der Waals surface area contributed by atoms with Crippen molar-refractivity contribution in [3.8, 4) is 5.75 Å². The Kier molecular flexibility index (Phi) is 3.38. The molecule has 0 fully saturated rings. The number of phenols is 1. The molecule has 1 unspecified atom stereocenters. The molecule has 0 aliphatic heterocycles. The van der Waals surface area contributed by atoms with Crippen molar-refractivity contribution in [3.63, 3.8) is 0 Å². The van der Waals surface area contributed by atoms with Crippen molar-refractivity contribution in [2.24, 2.45) is 5.73 Å². The minimum absolute atomic E-state index is 0.0482. The molecule has 1 atom stereocenters. The molecule has 0 saturated heterocycles. The summed E-state index contributed by atoms with van der Waals surface area (Å²) in [5.41, 5.74) is 4.96. The molecule has 1 aromatic rings. The van der Waals surface area contributed by atoms with Gasteiger partial charge in [-0.05, 0) is 17.7 Å². The van der Waals surface area contributed by atoms with Crippen LogP contribution in [-0.4, -0.2) is 16.8 Å². The predicted molar refractivity (Wildman–Crippen MR) is 47.1 cm³/mol. The first-order valence-corrected chi connectivity index (χ1v) is 4.05. The number of rotatable bonds is 3. The fourth-order valence-corrected chi connectivity index (χ4v) is 1.09. The lowest BCUT2D eigenvalue weighted by atomic mass is 10.1. The maximum atomic E-state index is 12.3. The average Bonchev–Trinajstić information content (AvgIpc) is 2.17. The molecule has 4 N–H and O–H groups in total. The van der Waals surface area contributed by atoms with Crippen molar-refractivity contribution in [2.75, 3.05) is 6.54 Å². The molecular weight excluding hydrogens is 192 g/mol. The Balaban J connectivity index is 3.06. The van der Waals surface area contributed by atoms with Crippen LogP contribution in [0.4, 0.5) is 8.78 Å². The van der Waals surface area contributed by atoms with Crippen LogP contribution >= 0.6 is 0 Å². The van der Waals surface area contributed by atoms with Crippen LogP contribution in [0.15, 0.2) is 18.2 Å². The fraction of sp³-hybridized carbons (Fsp3) is 0.333. The molecule has 0 aromatic heterocycles. The second-order valence-electron chi connectivity index (χ2n) is 2.87. The van der Waals surface area contributed by atoms with Gasteiger partial charge in [0.1, 0.15) is 5.75 Å². The smallest absolute Gasteiger partial charge is 0.267 e. The first-order chi connectivity index (χ1) is 6.56. The van der Waals surface area contributed by atoms with E-state index >= 15 is 0 Å². The van der Waals surface area contributed by atoms with E-state index in [-0.39, 0.29) is 12.1 Å². The number of benzene rings is 1. The van der Waals surface area contributed by atoms with Gasteiger partial charge in [-0.1, -0.05) is 6.07 Å². The summed E-state index contributed by atoms with van der Waals surface area (Å²) in [7, 11) is 0. The maximum Gasteiger partial charge on any atom is 0.267 e. The molecule has 1 aromatic carbocycles. The number of hydrogen-bond donors (Lipinski definition) is 3. The standard InChI is InChI=1S/C9H11F2NO2/c10-9(11)6-3-5(8(14)4-12)1-2-7(6)13/h1-3,8-9,13-14H,4,12H2. The SMILES string of the molecule is NCC(O)c1ccc(O)c(C(F)F)c1. The van der Waals surface area contributed by atoms with Crippen molar-refractivity contribution in [1.29, 1.82) is 0 Å². The van der Waals surface area contributed by atoms with Gasteiger partial charge >= 0.3 is 0 Å². The first kappa shape index (κ1) is 10.9. The van der Waals surface area contributed by atoms with Gasteiger partial charge in [-0.15, -0.1) is 0 Å². The number of phenolic OH excluding ortho intramolecular Hbond substituents is 1. The van der Waals surface area contributed by atoms with E-state index in [1.807, 2.05) is 0 Å². The lowest BCUT2D eigenvalue weighted by molar-refractivity contribution is 0.146. The van der Waals surface area contributed by atoms with Gasteiger partial charge in [0.05, 0.1) is 11.7 Å². The molecule has 0 bridgehead atoms. The summed E-state index contributed by atoms with van der Waals surface area (Å²) in [6.07, 6.45) is -3.74. The van der Waals surface area contributed by atoms with Crippen LogP contribution in [0, 0.1) is 0 Å². The molecule has 0 heterocycles. The molecule has 3 nitrogen and oxygen atoms in total. The maximum absolute atomic E-state index is 12.3. The van der Waals surface area contributed by atoms with Gasteiger partial charge in [0.2, 0.25) is 0 Å². The highest BCUT2D eigenvalue weighted by Gasteiger charge is 2.15. The van der Waals surface area contributed by atoms with Crippen molar-refractivity contribution in [2.45, 2.75) is 12.5 Å². The zero-order chi connectivity index (χ0) is 10.7. The van der Waals surface area contributed by atoms with E-state index in [0.717, 1.165) is 12.1 Å². The van der Waals surface area contributed by atoms with Crippen molar-refractivity contribution in [1.82, 2.24) is 0 Å². The second-order valence-corrected chi connectivity index (χ2v) is 2.87. The molecule has 78 valence electrons. The third-order valence-electron chi connectivity index (χ3n) is 1.89. The minimum Gasteiger partial charge on any atom is -0.507 e. The Bertz CT molecular complexity index is 318. The highest BCUT2D eigenvalue weighted by atomic mass is 19.3. The van der Waals surface area contributed by atoms with E-state index in [1.165, 1.54) is 6.07 Å². The van der Waals surface area contributed by atoms with Crippen LogP contribution in [0.5, 0.6) is 5.75 Å². The number of halogens is 2. The van der Waals surface area contributed by atoms with Gasteiger partial charge in [-0.25, -0.2) is 8.78 Å². The Morgan fingerprint density at radius 1 is 1.36 bits per heavy atom. The lowest BCUT2D eigenvalue weighted by Gasteiger charge is -2.10. The third kappa shape index (κ3) is 2.18. The molecule has 5 heteroatoms. The van der Waals surface area contributed by atoms with E-state index < -0.39 is 23.8 Å². The number of alkyl halides is 2. The summed E-state index contributed by atoms with van der Waals surface area (Å²) in [6.45, 7) is -0.0482. The highest BCUT2D eigenvalue weighted by Crippen LogP contribution is 2.30. The summed E-state index contributed by atoms with van der Waals surface area (Å²) in [5.74, 6) is -0.479. The van der Waals surface area contributed by atoms with E-state index in [9.17, 15) is 13.9 Å². The van der Waals surface area contributed by atoms with Crippen LogP contribution in [0.1, 0.15) is 23.7 Å². The molecular formula is C9H11F2NO2. The fourth-order valence-electron chi connectivity index (χ4n) is 1.09. The minimum atomic E-state index is -2.76. The first-order valence-electron chi connectivity index (χ1n) is 4.05. The quantitative estimate of drug-likeness (QED) is 0.694. The summed E-state index contributed by atoms with van der Waals surface area (Å²) in [4.78, 5) is 0. The lowest BCUT2D eigenvalue weighted by Crippen LogP contribution is -2.11. The predicted octanol–water partition coefficient (Wildman–Crippen LogP) is 1.32. The highest BCUT2D eigenvalue weighted by molar-refractivity contribution is 5.37. The number of aliphatic hydroxyl groups excluding tert-OH is 1. The van der Waals surface area contributed by atoms with Crippen molar-refractivity contribution < 1.29 is 19.0 Å². The normalized spacial score (nSPS) is 13.2. The molecule has 0 radical (unpaired) electrons. The Morgan fingerprint density at radius 3 is 2.50 bits per heavy atom. The Hall–Kier alpha value is -1.20. The molecule has 0 saturated carbocycles. The van der Waals surface area contributed by atoms with Crippen LogP contribution in [0.25, 0.3) is 0 Å². The monoisotopic (exact) mass is 203 g/mol. The van der Waals surface area contributed by atoms with Gasteiger partial charge in [0.25, 0.3) is 6.43 Å². The van der Waals surface area contributed by atoms with Crippen LogP contribution in [-0.2, 0) is 0 Å². The van der Waals surface area contributed by atoms with Gasteiger partial charge in [0.15, 0.2) is 0 Å². The molecule has 14 heavy (non-hydrogen) atoms. The van der Waals surface area contributed by atoms with E-state index in [0.29, 0.717) is 0 Å². The van der Waals surface area contributed by atoms with E-state index in [2.05, 4.69) is 0 Å². The average molecular weight is 203 g/mol. The van der Waals surface area contributed by atoms with Gasteiger partial charge in [0, 0.05) is 6.54 Å². The molecule has 1 rings (SSSR count). The van der Waals surface area contributed by atoms with Crippen molar-refractivity contribution >= 4 is 0 Å². The van der Waals surface area contributed by atoms with Gasteiger partial charge in [-0.3, -0.25) is 0 Å². The molecule has 0 spiro atoms. The van der Waals surface area contributed by atoms with Gasteiger partial charge in [-0.2, -0.15) is 0 Å². The summed E-state index contributed by atoms with van der Waals surface area (Å²) >= 11 is 0. The zero-order valence-electron chi connectivity index (χ0n) is 7.32.